The highest BCUT2D eigenvalue weighted by atomic mass is 35.5. The first-order chi connectivity index (χ1) is 12.7. The van der Waals surface area contributed by atoms with Crippen molar-refractivity contribution in [2.75, 3.05) is 6.54 Å². The molecule has 3 rings (SSSR count). The molecule has 0 aliphatic carbocycles. The molecule has 1 amide bonds. The van der Waals surface area contributed by atoms with Crippen molar-refractivity contribution in [3.05, 3.63) is 59.9 Å². The van der Waals surface area contributed by atoms with E-state index in [0.717, 1.165) is 23.4 Å². The highest BCUT2D eigenvalue weighted by molar-refractivity contribution is 5.85. The fourth-order valence-corrected chi connectivity index (χ4v) is 2.98. The van der Waals surface area contributed by atoms with E-state index in [1.54, 1.807) is 6.20 Å². The van der Waals surface area contributed by atoms with Crippen LogP contribution in [0.15, 0.2) is 48.7 Å². The van der Waals surface area contributed by atoms with Crippen molar-refractivity contribution in [2.45, 2.75) is 44.6 Å². The van der Waals surface area contributed by atoms with E-state index in [0.29, 0.717) is 19.6 Å². The molecule has 3 atom stereocenters. The van der Waals surface area contributed by atoms with Crippen LogP contribution in [0.3, 0.4) is 0 Å². The van der Waals surface area contributed by atoms with Crippen LogP contribution in [0.5, 0.6) is 5.75 Å². The Morgan fingerprint density at radius 3 is 2.79 bits per heavy atom. The molecule has 0 radical (unpaired) electrons. The molecule has 0 spiro atoms. The van der Waals surface area contributed by atoms with Crippen molar-refractivity contribution in [3.63, 3.8) is 0 Å². The number of pyridine rings is 1. The number of rotatable bonds is 7. The smallest absolute Gasteiger partial charge is 0.249 e. The summed E-state index contributed by atoms with van der Waals surface area (Å²) in [6.07, 6.45) is 2.87. The van der Waals surface area contributed by atoms with Gasteiger partial charge in [-0.3, -0.25) is 9.78 Å². The number of ether oxygens (including phenoxy) is 2. The highest BCUT2D eigenvalue weighted by Gasteiger charge is 2.30. The number of nitrogens with two attached hydrogens (primary N) is 1. The van der Waals surface area contributed by atoms with Gasteiger partial charge in [0.05, 0.1) is 17.8 Å². The molecule has 0 saturated carbocycles. The monoisotopic (exact) mass is 427 g/mol. The topological polar surface area (TPSA) is 86.5 Å². The quantitative estimate of drug-likeness (QED) is 0.708. The Morgan fingerprint density at radius 2 is 2.11 bits per heavy atom. The Labute approximate surface area is 178 Å². The fraction of sp³-hybridized carbons (Fsp3) is 0.400. The van der Waals surface area contributed by atoms with Gasteiger partial charge in [-0.25, -0.2) is 0 Å². The summed E-state index contributed by atoms with van der Waals surface area (Å²) in [6.45, 7) is 2.81. The standard InChI is InChI=1S/C20H25N3O3.2ClH/c1-14(23-20(24)19-9-8-18(12-21)26-19)15-5-4-7-17(11-15)25-13-16-6-2-3-10-22-16;;/h2-7,10-11,14,18-19H,8-9,12-13,21H2,1H3,(H,23,24);2*1H/t14?,18-,19+;;/m1../s1. The van der Waals surface area contributed by atoms with Gasteiger partial charge in [0.15, 0.2) is 0 Å². The van der Waals surface area contributed by atoms with Gasteiger partial charge in [0.1, 0.15) is 18.5 Å². The predicted octanol–water partition coefficient (Wildman–Crippen LogP) is 3.19. The first kappa shape index (κ1) is 24.2. The molecular weight excluding hydrogens is 401 g/mol. The molecular formula is C20H27Cl2N3O3. The minimum absolute atomic E-state index is 0. The second-order valence-electron chi connectivity index (χ2n) is 6.47. The van der Waals surface area contributed by atoms with Crippen LogP contribution in [-0.4, -0.2) is 29.6 Å². The first-order valence-electron chi connectivity index (χ1n) is 8.94. The van der Waals surface area contributed by atoms with E-state index in [1.165, 1.54) is 0 Å². The Balaban J connectivity index is 0.00000196. The van der Waals surface area contributed by atoms with E-state index in [2.05, 4.69) is 10.3 Å². The number of hydrogen-bond donors (Lipinski definition) is 2. The number of benzene rings is 1. The van der Waals surface area contributed by atoms with Crippen LogP contribution in [0.2, 0.25) is 0 Å². The molecule has 1 aliphatic heterocycles. The van der Waals surface area contributed by atoms with E-state index in [1.807, 2.05) is 49.4 Å². The van der Waals surface area contributed by atoms with Gasteiger partial charge in [-0.1, -0.05) is 18.2 Å². The van der Waals surface area contributed by atoms with Gasteiger partial charge >= 0.3 is 0 Å². The maximum Gasteiger partial charge on any atom is 0.249 e. The minimum Gasteiger partial charge on any atom is -0.487 e. The number of carbonyl (C=O) groups excluding carboxylic acids is 1. The number of aromatic nitrogens is 1. The average molecular weight is 428 g/mol. The van der Waals surface area contributed by atoms with Gasteiger partial charge in [0.25, 0.3) is 0 Å². The van der Waals surface area contributed by atoms with Crippen molar-refractivity contribution in [2.24, 2.45) is 5.73 Å². The van der Waals surface area contributed by atoms with Crippen LogP contribution >= 0.6 is 24.8 Å². The van der Waals surface area contributed by atoms with Crippen LogP contribution in [0, 0.1) is 0 Å². The second-order valence-corrected chi connectivity index (χ2v) is 6.47. The maximum absolute atomic E-state index is 12.4. The molecule has 1 saturated heterocycles. The molecule has 8 heteroatoms. The summed E-state index contributed by atoms with van der Waals surface area (Å²) in [5, 5.41) is 3.01. The molecule has 6 nitrogen and oxygen atoms in total. The second kappa shape index (κ2) is 11.9. The van der Waals surface area contributed by atoms with Gasteiger partial charge < -0.3 is 20.5 Å². The summed E-state index contributed by atoms with van der Waals surface area (Å²) >= 11 is 0. The third-order valence-electron chi connectivity index (χ3n) is 4.49. The molecule has 1 aromatic heterocycles. The number of hydrogen-bond acceptors (Lipinski definition) is 5. The largest absolute Gasteiger partial charge is 0.487 e. The summed E-state index contributed by atoms with van der Waals surface area (Å²) in [5.41, 5.74) is 7.45. The van der Waals surface area contributed by atoms with Gasteiger partial charge in [-0.05, 0) is 49.6 Å². The summed E-state index contributed by atoms with van der Waals surface area (Å²) < 4.78 is 11.5. The minimum atomic E-state index is -0.408. The van der Waals surface area contributed by atoms with Crippen molar-refractivity contribution >= 4 is 30.7 Å². The third kappa shape index (κ3) is 6.63. The Kier molecular flexibility index (Phi) is 10.2. The van der Waals surface area contributed by atoms with E-state index in [-0.39, 0.29) is 42.9 Å². The molecule has 0 bridgehead atoms. The first-order valence-corrected chi connectivity index (χ1v) is 8.94. The van der Waals surface area contributed by atoms with E-state index < -0.39 is 6.10 Å². The highest BCUT2D eigenvalue weighted by Crippen LogP contribution is 2.22. The van der Waals surface area contributed by atoms with Crippen molar-refractivity contribution in [3.8, 4) is 5.75 Å². The average Bonchev–Trinajstić information content (AvgIpc) is 3.17. The third-order valence-corrected chi connectivity index (χ3v) is 4.49. The number of amides is 1. The van der Waals surface area contributed by atoms with E-state index in [4.69, 9.17) is 15.2 Å². The fourth-order valence-electron chi connectivity index (χ4n) is 2.98. The molecule has 3 N–H and O–H groups in total. The van der Waals surface area contributed by atoms with Crippen LogP contribution < -0.4 is 15.8 Å². The molecule has 154 valence electrons. The Morgan fingerprint density at radius 1 is 1.29 bits per heavy atom. The van der Waals surface area contributed by atoms with E-state index in [9.17, 15) is 4.79 Å². The maximum atomic E-state index is 12.4. The molecule has 1 aliphatic rings. The zero-order valence-electron chi connectivity index (χ0n) is 15.7. The lowest BCUT2D eigenvalue weighted by Crippen LogP contribution is -2.37. The summed E-state index contributed by atoms with van der Waals surface area (Å²) in [6, 6.07) is 13.3. The van der Waals surface area contributed by atoms with Gasteiger partial charge in [-0.15, -0.1) is 24.8 Å². The number of nitrogens with zero attached hydrogens (tertiary/aromatic N) is 1. The lowest BCUT2D eigenvalue weighted by Gasteiger charge is -2.18. The SMILES string of the molecule is CC(NC(=O)[C@@H]1CC[C@H](CN)O1)c1cccc(OCc2ccccn2)c1.Cl.Cl. The Bertz CT molecular complexity index is 734. The molecule has 2 aromatic rings. The number of halogens is 2. The summed E-state index contributed by atoms with van der Waals surface area (Å²) in [7, 11) is 0. The summed E-state index contributed by atoms with van der Waals surface area (Å²) in [5.74, 6) is 0.655. The Hall–Kier alpha value is -1.86. The lowest BCUT2D eigenvalue weighted by molar-refractivity contribution is -0.132. The van der Waals surface area contributed by atoms with Gasteiger partial charge in [-0.2, -0.15) is 0 Å². The van der Waals surface area contributed by atoms with Crippen molar-refractivity contribution in [1.29, 1.82) is 0 Å². The molecule has 1 fully saturated rings. The summed E-state index contributed by atoms with van der Waals surface area (Å²) in [4.78, 5) is 16.6. The van der Waals surface area contributed by atoms with Crippen LogP contribution in [0.25, 0.3) is 0 Å². The molecule has 2 heterocycles. The van der Waals surface area contributed by atoms with Gasteiger partial charge in [0.2, 0.25) is 5.91 Å². The van der Waals surface area contributed by atoms with Crippen molar-refractivity contribution in [1.82, 2.24) is 10.3 Å². The van der Waals surface area contributed by atoms with Crippen LogP contribution in [0.1, 0.15) is 37.1 Å². The number of carbonyl (C=O) groups is 1. The number of nitrogens with one attached hydrogen (secondary N) is 1. The zero-order chi connectivity index (χ0) is 18.4. The lowest BCUT2D eigenvalue weighted by atomic mass is 10.1. The predicted molar refractivity (Wildman–Crippen MR) is 113 cm³/mol. The van der Waals surface area contributed by atoms with Crippen LogP contribution in [0.4, 0.5) is 0 Å². The molecule has 28 heavy (non-hydrogen) atoms. The molecule has 1 aromatic carbocycles. The van der Waals surface area contributed by atoms with Gasteiger partial charge in [0, 0.05) is 12.7 Å². The van der Waals surface area contributed by atoms with E-state index >= 15 is 0 Å². The normalized spacial score (nSPS) is 19.1. The van der Waals surface area contributed by atoms with Crippen LogP contribution in [-0.2, 0) is 16.1 Å². The zero-order valence-corrected chi connectivity index (χ0v) is 17.4. The molecule has 1 unspecified atom stereocenters. The van der Waals surface area contributed by atoms with Crippen molar-refractivity contribution < 1.29 is 14.3 Å².